The van der Waals surface area contributed by atoms with E-state index >= 15 is 0 Å². The predicted molar refractivity (Wildman–Crippen MR) is 78.9 cm³/mol. The number of aliphatic hydroxyl groups is 1. The van der Waals surface area contributed by atoms with Crippen molar-refractivity contribution in [2.24, 2.45) is 0 Å². The number of hydrogen-bond donors (Lipinski definition) is 1. The molecule has 22 heavy (non-hydrogen) atoms. The Morgan fingerprint density at radius 2 is 2.23 bits per heavy atom. The van der Waals surface area contributed by atoms with Gasteiger partial charge >= 0.3 is 0 Å². The minimum absolute atomic E-state index is 0.0223. The van der Waals surface area contributed by atoms with E-state index in [2.05, 4.69) is 10.2 Å². The lowest BCUT2D eigenvalue weighted by Crippen LogP contribution is -2.05. The van der Waals surface area contributed by atoms with Crippen molar-refractivity contribution in [3.05, 3.63) is 45.5 Å². The van der Waals surface area contributed by atoms with Gasteiger partial charge in [-0.15, -0.1) is 10.2 Å². The van der Waals surface area contributed by atoms with Gasteiger partial charge in [-0.25, -0.2) is 4.39 Å². The van der Waals surface area contributed by atoms with Crippen LogP contribution in [-0.2, 0) is 18.9 Å². The van der Waals surface area contributed by atoms with E-state index < -0.39 is 10.7 Å². The van der Waals surface area contributed by atoms with Crippen LogP contribution in [0.15, 0.2) is 23.4 Å². The number of halogens is 1. The van der Waals surface area contributed by atoms with Gasteiger partial charge in [0.05, 0.1) is 10.5 Å². The molecular weight excluding hydrogens is 311 g/mol. The van der Waals surface area contributed by atoms with Gasteiger partial charge < -0.3 is 9.67 Å². The lowest BCUT2D eigenvalue weighted by Gasteiger charge is -2.08. The molecule has 0 aliphatic carbocycles. The quantitative estimate of drug-likeness (QED) is 0.477. The molecule has 9 heteroatoms. The summed E-state index contributed by atoms with van der Waals surface area (Å²) in [5.41, 5.74) is -0.231. The van der Waals surface area contributed by atoms with Crippen molar-refractivity contribution in [1.82, 2.24) is 14.8 Å². The molecule has 0 aliphatic heterocycles. The average molecular weight is 326 g/mol. The van der Waals surface area contributed by atoms with Crippen LogP contribution >= 0.6 is 11.8 Å². The lowest BCUT2D eigenvalue weighted by molar-refractivity contribution is -0.385. The summed E-state index contributed by atoms with van der Waals surface area (Å²) in [5.74, 6) is -0.131. The minimum Gasteiger partial charge on any atom is -0.388 e. The van der Waals surface area contributed by atoms with Crippen LogP contribution in [0.4, 0.5) is 10.1 Å². The van der Waals surface area contributed by atoms with Crippen LogP contribution in [0.5, 0.6) is 0 Å². The Hall–Kier alpha value is -2.00. The normalized spacial score (nSPS) is 10.9. The number of aliphatic hydroxyl groups excluding tert-OH is 1. The molecule has 0 spiro atoms. The highest BCUT2D eigenvalue weighted by Gasteiger charge is 2.19. The van der Waals surface area contributed by atoms with Gasteiger partial charge in [0.25, 0.3) is 5.69 Å². The van der Waals surface area contributed by atoms with Crippen LogP contribution in [0.25, 0.3) is 0 Å². The number of rotatable bonds is 7. The van der Waals surface area contributed by atoms with E-state index in [1.54, 1.807) is 4.57 Å². The molecule has 2 rings (SSSR count). The molecule has 118 valence electrons. The van der Waals surface area contributed by atoms with Crippen molar-refractivity contribution < 1.29 is 14.4 Å². The van der Waals surface area contributed by atoms with Crippen LogP contribution in [0.3, 0.4) is 0 Å². The molecule has 7 nitrogen and oxygen atoms in total. The van der Waals surface area contributed by atoms with E-state index in [1.807, 2.05) is 6.92 Å². The number of thioether (sulfide) groups is 1. The topological polar surface area (TPSA) is 94.1 Å². The van der Waals surface area contributed by atoms with Crippen LogP contribution in [0.2, 0.25) is 0 Å². The third-order valence-corrected chi connectivity index (χ3v) is 4.01. The Bertz CT molecular complexity index is 677. The summed E-state index contributed by atoms with van der Waals surface area (Å²) in [5, 5.41) is 28.5. The van der Waals surface area contributed by atoms with Crippen LogP contribution in [0.1, 0.15) is 24.7 Å². The summed E-state index contributed by atoms with van der Waals surface area (Å²) in [6.45, 7) is 2.34. The van der Waals surface area contributed by atoms with Gasteiger partial charge in [-0.2, -0.15) is 0 Å². The van der Waals surface area contributed by atoms with E-state index in [-0.39, 0.29) is 23.6 Å². The lowest BCUT2D eigenvalue weighted by atomic mass is 10.2. The fraction of sp³-hybridized carbons (Fsp3) is 0.385. The summed E-state index contributed by atoms with van der Waals surface area (Å²) in [6.07, 6.45) is 0.818. The minimum atomic E-state index is -0.620. The second kappa shape index (κ2) is 7.32. The molecule has 2 aromatic rings. The van der Waals surface area contributed by atoms with Crippen molar-refractivity contribution in [3.63, 3.8) is 0 Å². The monoisotopic (exact) mass is 326 g/mol. The smallest absolute Gasteiger partial charge is 0.276 e. The van der Waals surface area contributed by atoms with Gasteiger partial charge in [0, 0.05) is 18.4 Å². The Morgan fingerprint density at radius 1 is 1.45 bits per heavy atom. The SMILES string of the molecule is CCCn1c(CO)nnc1SCc1c(F)cccc1[N+](=O)[O-]. The highest BCUT2D eigenvalue weighted by atomic mass is 32.2. The molecule has 0 unspecified atom stereocenters. The first-order chi connectivity index (χ1) is 10.6. The number of nitro benzene ring substituents is 1. The van der Waals surface area contributed by atoms with Crippen molar-refractivity contribution in [2.75, 3.05) is 0 Å². The van der Waals surface area contributed by atoms with E-state index in [4.69, 9.17) is 0 Å². The van der Waals surface area contributed by atoms with Gasteiger partial charge in [-0.3, -0.25) is 10.1 Å². The Balaban J connectivity index is 2.24. The van der Waals surface area contributed by atoms with E-state index in [1.165, 1.54) is 18.2 Å². The number of nitro groups is 1. The molecule has 0 atom stereocenters. The van der Waals surface area contributed by atoms with Gasteiger partial charge in [-0.05, 0) is 12.5 Å². The maximum atomic E-state index is 13.8. The first-order valence-corrected chi connectivity index (χ1v) is 7.64. The largest absolute Gasteiger partial charge is 0.388 e. The Labute approximate surface area is 130 Å². The average Bonchev–Trinajstić information content (AvgIpc) is 2.88. The van der Waals surface area contributed by atoms with E-state index in [9.17, 15) is 19.6 Å². The molecule has 0 saturated heterocycles. The number of hydrogen-bond acceptors (Lipinski definition) is 6. The molecule has 1 N–H and O–H groups in total. The first-order valence-electron chi connectivity index (χ1n) is 6.66. The molecular formula is C13H15FN4O3S. The molecule has 0 aliphatic rings. The van der Waals surface area contributed by atoms with Gasteiger partial charge in [0.2, 0.25) is 0 Å². The first kappa shape index (κ1) is 16.4. The highest BCUT2D eigenvalue weighted by molar-refractivity contribution is 7.98. The van der Waals surface area contributed by atoms with Crippen LogP contribution in [0, 0.1) is 15.9 Å². The number of nitrogens with zero attached hydrogens (tertiary/aromatic N) is 4. The summed E-state index contributed by atoms with van der Waals surface area (Å²) in [4.78, 5) is 10.4. The molecule has 0 amide bonds. The summed E-state index contributed by atoms with van der Waals surface area (Å²) < 4.78 is 15.6. The standard InChI is InChI=1S/C13H15FN4O3S/c1-2-6-17-12(7-19)15-16-13(17)22-8-9-10(14)4-3-5-11(9)18(20)21/h3-5,19H,2,6-8H2,1H3. The zero-order valence-corrected chi connectivity index (χ0v) is 12.7. The molecule has 0 saturated carbocycles. The van der Waals surface area contributed by atoms with Gasteiger partial charge in [-0.1, -0.05) is 24.8 Å². The second-order valence-corrected chi connectivity index (χ2v) is 5.43. The predicted octanol–water partition coefficient (Wildman–Crippen LogP) is 2.52. The van der Waals surface area contributed by atoms with Crippen molar-refractivity contribution >= 4 is 17.4 Å². The van der Waals surface area contributed by atoms with Crippen LogP contribution < -0.4 is 0 Å². The fourth-order valence-electron chi connectivity index (χ4n) is 1.99. The number of aromatic nitrogens is 3. The maximum Gasteiger partial charge on any atom is 0.276 e. The highest BCUT2D eigenvalue weighted by Crippen LogP contribution is 2.29. The van der Waals surface area contributed by atoms with E-state index in [0.717, 1.165) is 18.2 Å². The zero-order valence-electron chi connectivity index (χ0n) is 11.9. The Kier molecular flexibility index (Phi) is 5.45. The number of benzene rings is 1. The second-order valence-electron chi connectivity index (χ2n) is 4.49. The van der Waals surface area contributed by atoms with E-state index in [0.29, 0.717) is 17.5 Å². The third kappa shape index (κ3) is 3.42. The maximum absolute atomic E-state index is 13.8. The zero-order chi connectivity index (χ0) is 16.1. The van der Waals surface area contributed by atoms with Crippen molar-refractivity contribution in [1.29, 1.82) is 0 Å². The summed E-state index contributed by atoms with van der Waals surface area (Å²) >= 11 is 1.16. The van der Waals surface area contributed by atoms with Crippen LogP contribution in [-0.4, -0.2) is 24.8 Å². The molecule has 1 aromatic carbocycles. The molecule has 0 fully saturated rings. The molecule has 1 aromatic heterocycles. The molecule has 1 heterocycles. The summed E-state index contributed by atoms with van der Waals surface area (Å²) in [6, 6.07) is 3.78. The third-order valence-electron chi connectivity index (χ3n) is 3.02. The fourth-order valence-corrected chi connectivity index (χ4v) is 3.00. The summed E-state index contributed by atoms with van der Waals surface area (Å²) in [7, 11) is 0. The van der Waals surface area contributed by atoms with Gasteiger partial charge in [0.15, 0.2) is 11.0 Å². The Morgan fingerprint density at radius 3 is 2.86 bits per heavy atom. The molecule has 0 radical (unpaired) electrons. The molecule has 0 bridgehead atoms. The van der Waals surface area contributed by atoms with Crippen molar-refractivity contribution in [3.8, 4) is 0 Å². The van der Waals surface area contributed by atoms with Crippen molar-refractivity contribution in [2.45, 2.75) is 37.4 Å². The van der Waals surface area contributed by atoms with Gasteiger partial charge in [0.1, 0.15) is 12.4 Å².